The topological polar surface area (TPSA) is 15.3 Å². The SMILES string of the molecule is CC(C1CCCC1)N1CC2CNCC2C1C. The second-order valence-electron chi connectivity index (χ2n) is 6.30. The molecule has 1 aliphatic carbocycles. The van der Waals surface area contributed by atoms with Gasteiger partial charge < -0.3 is 5.32 Å². The van der Waals surface area contributed by atoms with Gasteiger partial charge in [-0.3, -0.25) is 4.90 Å². The van der Waals surface area contributed by atoms with Crippen molar-refractivity contribution >= 4 is 0 Å². The Hall–Kier alpha value is -0.0800. The average molecular weight is 222 g/mol. The van der Waals surface area contributed by atoms with Crippen LogP contribution in [0.1, 0.15) is 39.5 Å². The molecule has 0 aromatic heterocycles. The van der Waals surface area contributed by atoms with Gasteiger partial charge in [0.1, 0.15) is 0 Å². The highest BCUT2D eigenvalue weighted by molar-refractivity contribution is 4.99. The Morgan fingerprint density at radius 2 is 1.94 bits per heavy atom. The fraction of sp³-hybridized carbons (Fsp3) is 1.00. The quantitative estimate of drug-likeness (QED) is 0.770. The normalized spacial score (nSPS) is 42.8. The molecule has 16 heavy (non-hydrogen) atoms. The number of rotatable bonds is 2. The Balaban J connectivity index is 1.66. The van der Waals surface area contributed by atoms with Crippen LogP contribution in [0.4, 0.5) is 0 Å². The lowest BCUT2D eigenvalue weighted by atomic mass is 9.94. The number of hydrogen-bond donors (Lipinski definition) is 1. The van der Waals surface area contributed by atoms with Crippen molar-refractivity contribution in [2.24, 2.45) is 17.8 Å². The molecule has 0 amide bonds. The van der Waals surface area contributed by atoms with Crippen molar-refractivity contribution in [3.8, 4) is 0 Å². The maximum absolute atomic E-state index is 3.56. The van der Waals surface area contributed by atoms with E-state index < -0.39 is 0 Å². The van der Waals surface area contributed by atoms with E-state index in [2.05, 4.69) is 24.1 Å². The first kappa shape index (κ1) is 11.0. The van der Waals surface area contributed by atoms with E-state index in [1.165, 1.54) is 45.3 Å². The second-order valence-corrected chi connectivity index (χ2v) is 6.30. The molecule has 2 aliphatic heterocycles. The second kappa shape index (κ2) is 4.30. The van der Waals surface area contributed by atoms with Gasteiger partial charge in [0.05, 0.1) is 0 Å². The molecule has 4 atom stereocenters. The smallest absolute Gasteiger partial charge is 0.0114 e. The molecule has 3 rings (SSSR count). The van der Waals surface area contributed by atoms with Gasteiger partial charge in [0.15, 0.2) is 0 Å². The summed E-state index contributed by atoms with van der Waals surface area (Å²) in [5.74, 6) is 2.87. The largest absolute Gasteiger partial charge is 0.316 e. The summed E-state index contributed by atoms with van der Waals surface area (Å²) < 4.78 is 0. The summed E-state index contributed by atoms with van der Waals surface area (Å²) in [5, 5.41) is 3.56. The van der Waals surface area contributed by atoms with E-state index in [9.17, 15) is 0 Å². The van der Waals surface area contributed by atoms with Gasteiger partial charge in [0.25, 0.3) is 0 Å². The minimum Gasteiger partial charge on any atom is -0.316 e. The van der Waals surface area contributed by atoms with Gasteiger partial charge in [0, 0.05) is 18.6 Å². The van der Waals surface area contributed by atoms with E-state index in [0.29, 0.717) is 0 Å². The molecule has 0 bridgehead atoms. The molecule has 0 radical (unpaired) electrons. The van der Waals surface area contributed by atoms with Crippen LogP contribution in [0.2, 0.25) is 0 Å². The molecule has 92 valence electrons. The third-order valence-corrected chi connectivity index (χ3v) is 5.59. The van der Waals surface area contributed by atoms with Gasteiger partial charge in [-0.15, -0.1) is 0 Å². The molecule has 2 nitrogen and oxygen atoms in total. The van der Waals surface area contributed by atoms with Crippen LogP contribution >= 0.6 is 0 Å². The lowest BCUT2D eigenvalue weighted by molar-refractivity contribution is 0.134. The molecule has 2 saturated heterocycles. The van der Waals surface area contributed by atoms with Crippen molar-refractivity contribution in [1.29, 1.82) is 0 Å². The van der Waals surface area contributed by atoms with Crippen LogP contribution in [-0.2, 0) is 0 Å². The molecule has 3 aliphatic rings. The van der Waals surface area contributed by atoms with Crippen LogP contribution in [-0.4, -0.2) is 36.6 Å². The molecule has 4 unspecified atom stereocenters. The van der Waals surface area contributed by atoms with E-state index in [1.54, 1.807) is 0 Å². The lowest BCUT2D eigenvalue weighted by Gasteiger charge is -2.34. The number of hydrogen-bond acceptors (Lipinski definition) is 2. The molecule has 1 N–H and O–H groups in total. The highest BCUT2D eigenvalue weighted by Crippen LogP contribution is 2.38. The summed E-state index contributed by atoms with van der Waals surface area (Å²) in [4.78, 5) is 2.83. The summed E-state index contributed by atoms with van der Waals surface area (Å²) in [7, 11) is 0. The van der Waals surface area contributed by atoms with Crippen LogP contribution in [0.5, 0.6) is 0 Å². The number of nitrogens with one attached hydrogen (secondary N) is 1. The molecule has 2 heteroatoms. The van der Waals surface area contributed by atoms with Crippen molar-refractivity contribution in [3.05, 3.63) is 0 Å². The standard InChI is InChI=1S/C14H26N2/c1-10(12-5-3-4-6-12)16-9-13-7-15-8-14(13)11(16)2/h10-15H,3-9H2,1-2H3. The summed E-state index contributed by atoms with van der Waals surface area (Å²) in [6.45, 7) is 8.84. The Labute approximate surface area is 99.8 Å². The van der Waals surface area contributed by atoms with Gasteiger partial charge in [0.2, 0.25) is 0 Å². The Kier molecular flexibility index (Phi) is 2.97. The first-order valence-corrected chi connectivity index (χ1v) is 7.24. The molecule has 0 aromatic rings. The van der Waals surface area contributed by atoms with Gasteiger partial charge in [-0.25, -0.2) is 0 Å². The number of nitrogens with zero attached hydrogens (tertiary/aromatic N) is 1. The van der Waals surface area contributed by atoms with Gasteiger partial charge in [-0.1, -0.05) is 12.8 Å². The van der Waals surface area contributed by atoms with Gasteiger partial charge in [-0.05, 0) is 57.5 Å². The highest BCUT2D eigenvalue weighted by Gasteiger charge is 2.44. The minimum atomic E-state index is 0.815. The predicted molar refractivity (Wildman–Crippen MR) is 67.4 cm³/mol. The summed E-state index contributed by atoms with van der Waals surface area (Å²) in [6, 6.07) is 1.65. The Morgan fingerprint density at radius 1 is 1.19 bits per heavy atom. The number of likely N-dealkylation sites (tertiary alicyclic amines) is 1. The first-order chi connectivity index (χ1) is 7.77. The molecular weight excluding hydrogens is 196 g/mol. The van der Waals surface area contributed by atoms with Gasteiger partial charge in [-0.2, -0.15) is 0 Å². The zero-order chi connectivity index (χ0) is 11.1. The van der Waals surface area contributed by atoms with Crippen LogP contribution in [0.3, 0.4) is 0 Å². The first-order valence-electron chi connectivity index (χ1n) is 7.24. The van der Waals surface area contributed by atoms with Gasteiger partial charge >= 0.3 is 0 Å². The zero-order valence-corrected chi connectivity index (χ0v) is 10.8. The zero-order valence-electron chi connectivity index (χ0n) is 10.8. The Bertz CT molecular complexity index is 247. The predicted octanol–water partition coefficient (Wildman–Crippen LogP) is 2.10. The van der Waals surface area contributed by atoms with E-state index in [-0.39, 0.29) is 0 Å². The molecule has 3 fully saturated rings. The highest BCUT2D eigenvalue weighted by atomic mass is 15.2. The minimum absolute atomic E-state index is 0.815. The van der Waals surface area contributed by atoms with Crippen molar-refractivity contribution in [1.82, 2.24) is 10.2 Å². The number of fused-ring (bicyclic) bond motifs is 1. The average Bonchev–Trinajstić information content (AvgIpc) is 2.95. The van der Waals surface area contributed by atoms with Crippen molar-refractivity contribution in [2.45, 2.75) is 51.6 Å². The van der Waals surface area contributed by atoms with E-state index in [0.717, 1.165) is 29.8 Å². The van der Waals surface area contributed by atoms with Crippen LogP contribution < -0.4 is 5.32 Å². The summed E-state index contributed by atoms with van der Waals surface area (Å²) in [6.07, 6.45) is 5.92. The van der Waals surface area contributed by atoms with E-state index in [4.69, 9.17) is 0 Å². The molecule has 2 heterocycles. The third-order valence-electron chi connectivity index (χ3n) is 5.59. The monoisotopic (exact) mass is 222 g/mol. The third kappa shape index (κ3) is 1.70. The van der Waals surface area contributed by atoms with Crippen LogP contribution in [0, 0.1) is 17.8 Å². The van der Waals surface area contributed by atoms with Crippen molar-refractivity contribution in [2.75, 3.05) is 19.6 Å². The molecular formula is C14H26N2. The van der Waals surface area contributed by atoms with Crippen molar-refractivity contribution in [3.63, 3.8) is 0 Å². The summed E-state index contributed by atoms with van der Waals surface area (Å²) >= 11 is 0. The lowest BCUT2D eigenvalue weighted by Crippen LogP contribution is -2.42. The van der Waals surface area contributed by atoms with Crippen LogP contribution in [0.25, 0.3) is 0 Å². The molecule has 1 saturated carbocycles. The maximum Gasteiger partial charge on any atom is 0.0114 e. The van der Waals surface area contributed by atoms with E-state index >= 15 is 0 Å². The molecule has 0 spiro atoms. The maximum atomic E-state index is 3.56. The molecule has 0 aromatic carbocycles. The van der Waals surface area contributed by atoms with Crippen LogP contribution in [0.15, 0.2) is 0 Å². The van der Waals surface area contributed by atoms with Crippen molar-refractivity contribution < 1.29 is 0 Å². The fourth-order valence-corrected chi connectivity index (χ4v) is 4.45. The summed E-state index contributed by atoms with van der Waals surface area (Å²) in [5.41, 5.74) is 0. The van der Waals surface area contributed by atoms with E-state index in [1.807, 2.05) is 0 Å². The Morgan fingerprint density at radius 3 is 2.62 bits per heavy atom. The fourth-order valence-electron chi connectivity index (χ4n) is 4.45.